The molecule has 0 unspecified atom stereocenters. The number of nitrogens with zero attached hydrogens (tertiary/aromatic N) is 2. The number of hydrogen-bond donors (Lipinski definition) is 0. The number of rotatable bonds is 1. The predicted octanol–water partition coefficient (Wildman–Crippen LogP) is 4.59. The Labute approximate surface area is 119 Å². The van der Waals surface area contributed by atoms with Crippen LogP contribution < -0.4 is 0 Å². The molecule has 20 heavy (non-hydrogen) atoms. The summed E-state index contributed by atoms with van der Waals surface area (Å²) >= 11 is 0. The summed E-state index contributed by atoms with van der Waals surface area (Å²) in [5.41, 5.74) is 4.39. The Bertz CT molecular complexity index is 740. The van der Waals surface area contributed by atoms with E-state index in [1.807, 2.05) is 18.2 Å². The highest BCUT2D eigenvalue weighted by atomic mass is 15.1. The van der Waals surface area contributed by atoms with Gasteiger partial charge in [0.2, 0.25) is 0 Å². The van der Waals surface area contributed by atoms with Crippen molar-refractivity contribution in [3.05, 3.63) is 60.2 Å². The molecule has 0 N–H and O–H groups in total. The molecule has 0 saturated heterocycles. The van der Waals surface area contributed by atoms with Gasteiger partial charge in [0.05, 0.1) is 11.2 Å². The molecule has 0 amide bonds. The Balaban J connectivity index is 2.10. The van der Waals surface area contributed by atoms with E-state index in [4.69, 9.17) is 0 Å². The van der Waals surface area contributed by atoms with Crippen molar-refractivity contribution in [2.75, 3.05) is 0 Å². The standard InChI is InChI=1S/C18H18N2/c1-18(2,3)15-10-9-14-11-16(19-20-17(14)12-15)13-7-5-4-6-8-13/h4-12H,1-3H3. The summed E-state index contributed by atoms with van der Waals surface area (Å²) in [6.07, 6.45) is 0. The minimum atomic E-state index is 0.133. The van der Waals surface area contributed by atoms with E-state index in [0.29, 0.717) is 0 Å². The van der Waals surface area contributed by atoms with Gasteiger partial charge < -0.3 is 0 Å². The van der Waals surface area contributed by atoms with E-state index in [1.54, 1.807) is 0 Å². The van der Waals surface area contributed by atoms with Crippen molar-refractivity contribution in [2.24, 2.45) is 0 Å². The number of hydrogen-bond acceptors (Lipinski definition) is 2. The van der Waals surface area contributed by atoms with E-state index in [9.17, 15) is 0 Å². The summed E-state index contributed by atoms with van der Waals surface area (Å²) in [6, 6.07) is 18.7. The number of benzene rings is 2. The van der Waals surface area contributed by atoms with Gasteiger partial charge in [0.25, 0.3) is 0 Å². The van der Waals surface area contributed by atoms with Crippen molar-refractivity contribution in [3.8, 4) is 11.3 Å². The maximum atomic E-state index is 4.38. The molecule has 3 aromatic rings. The zero-order valence-electron chi connectivity index (χ0n) is 12.1. The van der Waals surface area contributed by atoms with Crippen LogP contribution in [0.5, 0.6) is 0 Å². The highest BCUT2D eigenvalue weighted by Crippen LogP contribution is 2.26. The molecule has 0 bridgehead atoms. The van der Waals surface area contributed by atoms with Crippen molar-refractivity contribution in [1.29, 1.82) is 0 Å². The average Bonchev–Trinajstić information content (AvgIpc) is 2.46. The first-order chi connectivity index (χ1) is 9.54. The lowest BCUT2D eigenvalue weighted by atomic mass is 9.86. The van der Waals surface area contributed by atoms with Crippen molar-refractivity contribution < 1.29 is 0 Å². The van der Waals surface area contributed by atoms with Gasteiger partial charge in [-0.2, -0.15) is 0 Å². The molecule has 1 heterocycles. The van der Waals surface area contributed by atoms with E-state index >= 15 is 0 Å². The molecule has 0 aliphatic rings. The molecule has 0 aliphatic carbocycles. The van der Waals surface area contributed by atoms with Crippen molar-refractivity contribution in [3.63, 3.8) is 0 Å². The highest BCUT2D eigenvalue weighted by molar-refractivity contribution is 5.82. The van der Waals surface area contributed by atoms with Crippen molar-refractivity contribution in [2.45, 2.75) is 26.2 Å². The van der Waals surface area contributed by atoms with Gasteiger partial charge in [-0.15, -0.1) is 10.2 Å². The molecule has 0 spiro atoms. The maximum absolute atomic E-state index is 4.38. The molecule has 3 rings (SSSR count). The minimum absolute atomic E-state index is 0.133. The summed E-state index contributed by atoms with van der Waals surface area (Å²) in [5, 5.41) is 9.86. The molecule has 0 aliphatic heterocycles. The van der Waals surface area contributed by atoms with Gasteiger partial charge in [-0.1, -0.05) is 63.2 Å². The van der Waals surface area contributed by atoms with Crippen LogP contribution in [0.25, 0.3) is 22.2 Å². The smallest absolute Gasteiger partial charge is 0.0936 e. The quantitative estimate of drug-likeness (QED) is 0.640. The summed E-state index contributed by atoms with van der Waals surface area (Å²) in [4.78, 5) is 0. The lowest BCUT2D eigenvalue weighted by molar-refractivity contribution is 0.591. The van der Waals surface area contributed by atoms with E-state index in [-0.39, 0.29) is 5.41 Å². The van der Waals surface area contributed by atoms with Gasteiger partial charge in [0.15, 0.2) is 0 Å². The molecule has 0 atom stereocenters. The van der Waals surface area contributed by atoms with Gasteiger partial charge in [-0.3, -0.25) is 0 Å². The molecular weight excluding hydrogens is 244 g/mol. The minimum Gasteiger partial charge on any atom is -0.150 e. The average molecular weight is 262 g/mol. The second kappa shape index (κ2) is 4.71. The van der Waals surface area contributed by atoms with Gasteiger partial charge in [0, 0.05) is 10.9 Å². The topological polar surface area (TPSA) is 25.8 Å². The summed E-state index contributed by atoms with van der Waals surface area (Å²) in [7, 11) is 0. The van der Waals surface area contributed by atoms with E-state index in [1.165, 1.54) is 5.56 Å². The molecule has 2 aromatic carbocycles. The molecular formula is C18H18N2. The highest BCUT2D eigenvalue weighted by Gasteiger charge is 2.14. The van der Waals surface area contributed by atoms with E-state index < -0.39 is 0 Å². The van der Waals surface area contributed by atoms with Crippen LogP contribution in [-0.2, 0) is 5.41 Å². The maximum Gasteiger partial charge on any atom is 0.0936 e. The van der Waals surface area contributed by atoms with Crippen molar-refractivity contribution >= 4 is 10.9 Å². The van der Waals surface area contributed by atoms with Crippen LogP contribution in [0, 0.1) is 0 Å². The van der Waals surface area contributed by atoms with Gasteiger partial charge in [0.1, 0.15) is 0 Å². The largest absolute Gasteiger partial charge is 0.150 e. The first-order valence-electron chi connectivity index (χ1n) is 6.87. The fourth-order valence-corrected chi connectivity index (χ4v) is 2.25. The third-order valence-corrected chi connectivity index (χ3v) is 3.52. The van der Waals surface area contributed by atoms with Crippen LogP contribution in [-0.4, -0.2) is 10.2 Å². The molecule has 0 saturated carbocycles. The van der Waals surface area contributed by atoms with E-state index in [2.05, 4.69) is 67.4 Å². The molecule has 0 radical (unpaired) electrons. The first-order valence-corrected chi connectivity index (χ1v) is 6.87. The Morgan fingerprint density at radius 3 is 2.25 bits per heavy atom. The third-order valence-electron chi connectivity index (χ3n) is 3.52. The summed E-state index contributed by atoms with van der Waals surface area (Å²) in [6.45, 7) is 6.62. The van der Waals surface area contributed by atoms with Gasteiger partial charge in [-0.25, -0.2) is 0 Å². The lowest BCUT2D eigenvalue weighted by Gasteiger charge is -2.19. The molecule has 2 nitrogen and oxygen atoms in total. The Morgan fingerprint density at radius 2 is 1.55 bits per heavy atom. The second-order valence-corrected chi connectivity index (χ2v) is 6.12. The normalized spacial score (nSPS) is 11.8. The molecule has 1 aromatic heterocycles. The van der Waals surface area contributed by atoms with Crippen LogP contribution in [0.2, 0.25) is 0 Å². The summed E-state index contributed by atoms with van der Waals surface area (Å²) in [5.74, 6) is 0. The zero-order chi connectivity index (χ0) is 14.2. The molecule has 0 fully saturated rings. The number of aromatic nitrogens is 2. The van der Waals surface area contributed by atoms with Crippen molar-refractivity contribution in [1.82, 2.24) is 10.2 Å². The Morgan fingerprint density at radius 1 is 0.800 bits per heavy atom. The lowest BCUT2D eigenvalue weighted by Crippen LogP contribution is -2.10. The molecule has 2 heteroatoms. The zero-order valence-corrected chi connectivity index (χ0v) is 12.1. The van der Waals surface area contributed by atoms with E-state index in [0.717, 1.165) is 22.2 Å². The van der Waals surface area contributed by atoms with Crippen LogP contribution in [0.1, 0.15) is 26.3 Å². The van der Waals surface area contributed by atoms with Crippen LogP contribution >= 0.6 is 0 Å². The number of fused-ring (bicyclic) bond motifs is 1. The van der Waals surface area contributed by atoms with Gasteiger partial charge >= 0.3 is 0 Å². The molecule has 100 valence electrons. The van der Waals surface area contributed by atoms with Crippen LogP contribution in [0.15, 0.2) is 54.6 Å². The fraction of sp³-hybridized carbons (Fsp3) is 0.222. The Hall–Kier alpha value is -2.22. The SMILES string of the molecule is CC(C)(C)c1ccc2cc(-c3ccccc3)nnc2c1. The van der Waals surface area contributed by atoms with Crippen LogP contribution in [0.3, 0.4) is 0 Å². The Kier molecular flexibility index (Phi) is 3.01. The third kappa shape index (κ3) is 2.42. The monoisotopic (exact) mass is 262 g/mol. The summed E-state index contributed by atoms with van der Waals surface area (Å²) < 4.78 is 0. The predicted molar refractivity (Wildman–Crippen MR) is 83.7 cm³/mol. The van der Waals surface area contributed by atoms with Crippen LogP contribution in [0.4, 0.5) is 0 Å². The fourth-order valence-electron chi connectivity index (χ4n) is 2.25. The first kappa shape index (κ1) is 12.8. The van der Waals surface area contributed by atoms with Gasteiger partial charge in [-0.05, 0) is 23.1 Å². The second-order valence-electron chi connectivity index (χ2n) is 6.12.